The molecule has 0 aliphatic heterocycles. The normalized spacial score (nSPS) is 10.0. The number of hydrogen-bond acceptors (Lipinski definition) is 1. The lowest BCUT2D eigenvalue weighted by Crippen LogP contribution is -1.84. The van der Waals surface area contributed by atoms with Crippen LogP contribution in [0.25, 0.3) is 0 Å². The number of benzene rings is 1. The maximum atomic E-state index is 12.6. The van der Waals surface area contributed by atoms with Gasteiger partial charge in [-0.25, -0.2) is 4.39 Å². The Balaban J connectivity index is 3.31. The van der Waals surface area contributed by atoms with Crippen molar-refractivity contribution in [3.05, 3.63) is 27.1 Å². The van der Waals surface area contributed by atoms with Crippen molar-refractivity contribution in [1.82, 2.24) is 0 Å². The Labute approximate surface area is 78.4 Å². The summed E-state index contributed by atoms with van der Waals surface area (Å²) in [5, 5.41) is 0. The van der Waals surface area contributed by atoms with E-state index in [0.717, 1.165) is 9.13 Å². The topological polar surface area (TPSA) is 0 Å². The van der Waals surface area contributed by atoms with Crippen LogP contribution in [0.4, 0.5) is 4.39 Å². The summed E-state index contributed by atoms with van der Waals surface area (Å²) in [5.41, 5.74) is 1.03. The summed E-state index contributed by atoms with van der Waals surface area (Å²) in [6.45, 7) is 1.92. The average molecular weight is 268 g/mol. The van der Waals surface area contributed by atoms with Gasteiger partial charge in [-0.2, -0.15) is 0 Å². The molecule has 0 saturated heterocycles. The van der Waals surface area contributed by atoms with Crippen molar-refractivity contribution in [3.8, 4) is 0 Å². The first-order valence-electron chi connectivity index (χ1n) is 2.76. The Bertz CT molecular complexity index is 237. The van der Waals surface area contributed by atoms with Crippen LogP contribution in [0.1, 0.15) is 5.56 Å². The summed E-state index contributed by atoms with van der Waals surface area (Å²) in [5.74, 6) is -0.222. The lowest BCUT2D eigenvalue weighted by atomic mass is 10.2. The Morgan fingerprint density at radius 3 is 2.60 bits per heavy atom. The molecule has 0 radical (unpaired) electrons. The van der Waals surface area contributed by atoms with E-state index in [2.05, 4.69) is 35.2 Å². The first kappa shape index (κ1) is 8.33. The van der Waals surface area contributed by atoms with E-state index in [0.29, 0.717) is 4.90 Å². The zero-order valence-electron chi connectivity index (χ0n) is 5.36. The van der Waals surface area contributed by atoms with E-state index in [1.54, 1.807) is 0 Å². The second kappa shape index (κ2) is 3.09. The molecule has 0 nitrogen and oxygen atoms in total. The largest absolute Gasteiger partial charge is 0.207 e. The molecule has 0 spiro atoms. The van der Waals surface area contributed by atoms with E-state index >= 15 is 0 Å². The Morgan fingerprint density at radius 1 is 1.50 bits per heavy atom. The fourth-order valence-corrected chi connectivity index (χ4v) is 1.68. The van der Waals surface area contributed by atoms with Crippen LogP contribution in [0.15, 0.2) is 17.0 Å². The van der Waals surface area contributed by atoms with Crippen LogP contribution in [0, 0.1) is 16.3 Å². The summed E-state index contributed by atoms with van der Waals surface area (Å²) in [4.78, 5) is 0.712. The molecule has 54 valence electrons. The molecule has 0 bridgehead atoms. The second-order valence-electron chi connectivity index (χ2n) is 2.03. The highest BCUT2D eigenvalue weighted by atomic mass is 127. The van der Waals surface area contributed by atoms with Crippen molar-refractivity contribution < 1.29 is 4.39 Å². The van der Waals surface area contributed by atoms with Gasteiger partial charge in [0.25, 0.3) is 0 Å². The molecule has 1 rings (SSSR count). The van der Waals surface area contributed by atoms with Crippen LogP contribution >= 0.6 is 35.2 Å². The van der Waals surface area contributed by atoms with Gasteiger partial charge in [0.05, 0.1) is 0 Å². The highest BCUT2D eigenvalue weighted by molar-refractivity contribution is 14.1. The van der Waals surface area contributed by atoms with E-state index in [1.807, 2.05) is 6.92 Å². The van der Waals surface area contributed by atoms with Crippen molar-refractivity contribution >= 4 is 35.2 Å². The zero-order chi connectivity index (χ0) is 7.72. The van der Waals surface area contributed by atoms with Crippen LogP contribution in [0.5, 0.6) is 0 Å². The van der Waals surface area contributed by atoms with E-state index < -0.39 is 0 Å². The smallest absolute Gasteiger partial charge is 0.125 e. The van der Waals surface area contributed by atoms with Gasteiger partial charge < -0.3 is 0 Å². The van der Waals surface area contributed by atoms with E-state index in [1.165, 1.54) is 12.1 Å². The SMILES string of the molecule is Cc1c(S)cc(F)cc1I. The first-order chi connectivity index (χ1) is 4.61. The van der Waals surface area contributed by atoms with Gasteiger partial charge in [0.2, 0.25) is 0 Å². The summed E-state index contributed by atoms with van der Waals surface area (Å²) in [7, 11) is 0. The monoisotopic (exact) mass is 268 g/mol. The standard InChI is InChI=1S/C7H6FIS/c1-4-6(9)2-5(8)3-7(4)10/h2-3,10H,1H3. The van der Waals surface area contributed by atoms with Crippen molar-refractivity contribution in [2.24, 2.45) is 0 Å². The molecule has 0 aromatic heterocycles. The van der Waals surface area contributed by atoms with E-state index in [9.17, 15) is 4.39 Å². The quantitative estimate of drug-likeness (QED) is 0.542. The Kier molecular flexibility index (Phi) is 2.57. The van der Waals surface area contributed by atoms with Gasteiger partial charge in [-0.3, -0.25) is 0 Å². The van der Waals surface area contributed by atoms with Gasteiger partial charge in [-0.15, -0.1) is 12.6 Å². The highest BCUT2D eigenvalue weighted by Crippen LogP contribution is 2.20. The molecule has 0 saturated carbocycles. The highest BCUT2D eigenvalue weighted by Gasteiger charge is 2.00. The molecule has 0 fully saturated rings. The van der Waals surface area contributed by atoms with Gasteiger partial charge in [0.15, 0.2) is 0 Å². The van der Waals surface area contributed by atoms with Crippen LogP contribution < -0.4 is 0 Å². The number of hydrogen-bond donors (Lipinski definition) is 1. The number of thiol groups is 1. The van der Waals surface area contributed by atoms with Gasteiger partial charge >= 0.3 is 0 Å². The molecule has 1 aromatic rings. The third-order valence-corrected chi connectivity index (χ3v) is 2.87. The molecule has 0 N–H and O–H groups in total. The third-order valence-electron chi connectivity index (χ3n) is 1.28. The predicted octanol–water partition coefficient (Wildman–Crippen LogP) is 3.03. The zero-order valence-corrected chi connectivity index (χ0v) is 8.41. The van der Waals surface area contributed by atoms with Crippen LogP contribution in [-0.2, 0) is 0 Å². The minimum atomic E-state index is -0.222. The molecule has 0 amide bonds. The Morgan fingerprint density at radius 2 is 2.10 bits per heavy atom. The molecule has 1 aromatic carbocycles. The van der Waals surface area contributed by atoms with Crippen LogP contribution in [0.2, 0.25) is 0 Å². The molecule has 10 heavy (non-hydrogen) atoms. The van der Waals surface area contributed by atoms with Gasteiger partial charge in [-0.1, -0.05) is 0 Å². The van der Waals surface area contributed by atoms with E-state index in [4.69, 9.17) is 0 Å². The third kappa shape index (κ3) is 1.63. The van der Waals surface area contributed by atoms with Crippen LogP contribution in [0.3, 0.4) is 0 Å². The van der Waals surface area contributed by atoms with Crippen molar-refractivity contribution in [1.29, 1.82) is 0 Å². The van der Waals surface area contributed by atoms with Crippen molar-refractivity contribution in [2.45, 2.75) is 11.8 Å². The molecule has 0 aliphatic rings. The average Bonchev–Trinajstić information content (AvgIpc) is 1.82. The maximum Gasteiger partial charge on any atom is 0.125 e. The number of rotatable bonds is 0. The van der Waals surface area contributed by atoms with Gasteiger partial charge in [0, 0.05) is 8.47 Å². The lowest BCUT2D eigenvalue weighted by molar-refractivity contribution is 0.622. The first-order valence-corrected chi connectivity index (χ1v) is 4.28. The second-order valence-corrected chi connectivity index (χ2v) is 3.68. The minimum absolute atomic E-state index is 0.222. The summed E-state index contributed by atoms with van der Waals surface area (Å²) in [6, 6.07) is 2.91. The molecule has 0 atom stereocenters. The summed E-state index contributed by atoms with van der Waals surface area (Å²) < 4.78 is 13.5. The van der Waals surface area contributed by atoms with Gasteiger partial charge in [0.1, 0.15) is 5.82 Å². The molecule has 3 heteroatoms. The van der Waals surface area contributed by atoms with E-state index in [-0.39, 0.29) is 5.82 Å². The summed E-state index contributed by atoms with van der Waals surface area (Å²) >= 11 is 6.18. The fraction of sp³-hybridized carbons (Fsp3) is 0.143. The van der Waals surface area contributed by atoms with Crippen molar-refractivity contribution in [3.63, 3.8) is 0 Å². The lowest BCUT2D eigenvalue weighted by Gasteiger charge is -2.00. The van der Waals surface area contributed by atoms with Crippen LogP contribution in [-0.4, -0.2) is 0 Å². The fourth-order valence-electron chi connectivity index (χ4n) is 0.632. The molecule has 0 heterocycles. The van der Waals surface area contributed by atoms with Gasteiger partial charge in [-0.05, 0) is 47.2 Å². The maximum absolute atomic E-state index is 12.6. The minimum Gasteiger partial charge on any atom is -0.207 e. The number of halogens is 2. The molecular weight excluding hydrogens is 262 g/mol. The van der Waals surface area contributed by atoms with Crippen molar-refractivity contribution in [2.75, 3.05) is 0 Å². The molecule has 0 unspecified atom stereocenters. The molecular formula is C7H6FIS. The summed E-state index contributed by atoms with van der Waals surface area (Å²) in [6.07, 6.45) is 0. The predicted molar refractivity (Wildman–Crippen MR) is 51.1 cm³/mol. The molecule has 0 aliphatic carbocycles. The Hall–Kier alpha value is 0.230.